The van der Waals surface area contributed by atoms with E-state index in [1.165, 1.54) is 37.5 Å². The number of methoxy groups -OCH3 is 1. The first-order valence-corrected chi connectivity index (χ1v) is 7.55. The van der Waals surface area contributed by atoms with E-state index in [9.17, 15) is 4.79 Å². The van der Waals surface area contributed by atoms with Crippen molar-refractivity contribution in [1.29, 1.82) is 0 Å². The van der Waals surface area contributed by atoms with Crippen LogP contribution < -0.4 is 0 Å². The molecule has 0 amide bonds. The molecule has 3 heteroatoms. The number of aryl methyl sites for hydroxylation is 1. The Morgan fingerprint density at radius 2 is 2.05 bits per heavy atom. The Balaban J connectivity index is 1.92. The van der Waals surface area contributed by atoms with E-state index in [2.05, 4.69) is 36.1 Å². The summed E-state index contributed by atoms with van der Waals surface area (Å²) < 4.78 is 4.75. The quantitative estimate of drug-likeness (QED) is 0.772. The number of carbonyl (C=O) groups is 1. The van der Waals surface area contributed by atoms with Gasteiger partial charge in [-0.2, -0.15) is 0 Å². The fourth-order valence-corrected chi connectivity index (χ4v) is 2.91. The fourth-order valence-electron chi connectivity index (χ4n) is 2.91. The average Bonchev–Trinajstić information content (AvgIpc) is 2.48. The molecule has 0 bridgehead atoms. The summed E-state index contributed by atoms with van der Waals surface area (Å²) in [6.45, 7) is 4.25. The van der Waals surface area contributed by atoms with E-state index in [0.29, 0.717) is 12.5 Å². The molecule has 0 radical (unpaired) electrons. The summed E-state index contributed by atoms with van der Waals surface area (Å²) in [5, 5.41) is 0. The molecule has 1 fully saturated rings. The van der Waals surface area contributed by atoms with Crippen LogP contribution in [0.15, 0.2) is 24.3 Å². The van der Waals surface area contributed by atoms with Crippen LogP contribution in [-0.4, -0.2) is 30.6 Å². The highest BCUT2D eigenvalue weighted by molar-refractivity contribution is 5.69. The Kier molecular flexibility index (Phi) is 5.60. The van der Waals surface area contributed by atoms with Crippen molar-refractivity contribution in [1.82, 2.24) is 4.90 Å². The van der Waals surface area contributed by atoms with Gasteiger partial charge in [-0.15, -0.1) is 0 Å². The third-order valence-electron chi connectivity index (χ3n) is 4.16. The van der Waals surface area contributed by atoms with Crippen molar-refractivity contribution in [3.8, 4) is 0 Å². The topological polar surface area (TPSA) is 29.5 Å². The van der Waals surface area contributed by atoms with Gasteiger partial charge >= 0.3 is 5.97 Å². The average molecular weight is 275 g/mol. The minimum Gasteiger partial charge on any atom is -0.469 e. The Morgan fingerprint density at radius 3 is 2.75 bits per heavy atom. The van der Waals surface area contributed by atoms with Gasteiger partial charge < -0.3 is 4.74 Å². The van der Waals surface area contributed by atoms with E-state index in [0.717, 1.165) is 19.5 Å². The maximum Gasteiger partial charge on any atom is 0.305 e. The van der Waals surface area contributed by atoms with Gasteiger partial charge in [0.25, 0.3) is 0 Å². The molecule has 0 N–H and O–H groups in total. The Hall–Kier alpha value is -1.35. The van der Waals surface area contributed by atoms with Crippen molar-refractivity contribution in [2.24, 2.45) is 0 Å². The van der Waals surface area contributed by atoms with E-state index in [-0.39, 0.29) is 5.97 Å². The second-order valence-electron chi connectivity index (χ2n) is 5.72. The lowest BCUT2D eigenvalue weighted by atomic mass is 9.97. The zero-order valence-corrected chi connectivity index (χ0v) is 12.6. The lowest BCUT2D eigenvalue weighted by molar-refractivity contribution is -0.141. The van der Waals surface area contributed by atoms with Crippen molar-refractivity contribution in [2.45, 2.75) is 51.6 Å². The van der Waals surface area contributed by atoms with Gasteiger partial charge in [0, 0.05) is 19.0 Å². The molecule has 1 atom stereocenters. The molecule has 1 unspecified atom stereocenters. The molecule has 1 heterocycles. The van der Waals surface area contributed by atoms with Crippen LogP contribution in [0.3, 0.4) is 0 Å². The number of likely N-dealkylation sites (tertiary alicyclic amines) is 1. The Morgan fingerprint density at radius 1 is 1.30 bits per heavy atom. The van der Waals surface area contributed by atoms with Crippen LogP contribution >= 0.6 is 0 Å². The summed E-state index contributed by atoms with van der Waals surface area (Å²) in [7, 11) is 1.47. The molecule has 110 valence electrons. The highest BCUT2D eigenvalue weighted by Gasteiger charge is 2.23. The van der Waals surface area contributed by atoms with Crippen LogP contribution in [0.25, 0.3) is 0 Å². The van der Waals surface area contributed by atoms with E-state index in [4.69, 9.17) is 4.74 Å². The number of nitrogens with zero attached hydrogens (tertiary/aromatic N) is 1. The van der Waals surface area contributed by atoms with Gasteiger partial charge in [-0.1, -0.05) is 36.2 Å². The van der Waals surface area contributed by atoms with Gasteiger partial charge in [0.1, 0.15) is 0 Å². The van der Waals surface area contributed by atoms with Gasteiger partial charge in [0.2, 0.25) is 0 Å². The number of benzene rings is 1. The van der Waals surface area contributed by atoms with E-state index in [1.807, 2.05) is 0 Å². The molecule has 0 spiro atoms. The largest absolute Gasteiger partial charge is 0.469 e. The van der Waals surface area contributed by atoms with Crippen molar-refractivity contribution < 1.29 is 9.53 Å². The molecule has 20 heavy (non-hydrogen) atoms. The number of esters is 1. The van der Waals surface area contributed by atoms with Crippen molar-refractivity contribution in [3.05, 3.63) is 35.4 Å². The molecule has 0 saturated carbocycles. The van der Waals surface area contributed by atoms with Gasteiger partial charge in [-0.3, -0.25) is 9.69 Å². The molecule has 1 aliphatic heterocycles. The van der Waals surface area contributed by atoms with E-state index >= 15 is 0 Å². The smallest absolute Gasteiger partial charge is 0.305 e. The Bertz CT molecular complexity index is 427. The van der Waals surface area contributed by atoms with E-state index in [1.54, 1.807) is 0 Å². The van der Waals surface area contributed by atoms with Crippen LogP contribution in [0.5, 0.6) is 0 Å². The van der Waals surface area contributed by atoms with Crippen molar-refractivity contribution in [3.63, 3.8) is 0 Å². The SMILES string of the molecule is COC(=O)CCC1CCCCN1Cc1ccc(C)cc1. The number of piperidine rings is 1. The monoisotopic (exact) mass is 275 g/mol. The number of rotatable bonds is 5. The molecular weight excluding hydrogens is 250 g/mol. The number of carbonyl (C=O) groups excluding carboxylic acids is 1. The Labute approximate surface area is 121 Å². The van der Waals surface area contributed by atoms with E-state index < -0.39 is 0 Å². The summed E-state index contributed by atoms with van der Waals surface area (Å²) in [6, 6.07) is 9.28. The van der Waals surface area contributed by atoms with Gasteiger partial charge in [-0.05, 0) is 38.3 Å². The van der Waals surface area contributed by atoms with Gasteiger partial charge in [0.15, 0.2) is 0 Å². The number of ether oxygens (including phenoxy) is 1. The standard InChI is InChI=1S/C17H25NO2/c1-14-6-8-15(9-7-14)13-18-12-4-3-5-16(18)10-11-17(19)20-2/h6-9,16H,3-5,10-13H2,1-2H3. The summed E-state index contributed by atoms with van der Waals surface area (Å²) >= 11 is 0. The summed E-state index contributed by atoms with van der Waals surface area (Å²) in [4.78, 5) is 13.8. The summed E-state index contributed by atoms with van der Waals surface area (Å²) in [5.41, 5.74) is 2.66. The minimum absolute atomic E-state index is 0.0918. The summed E-state index contributed by atoms with van der Waals surface area (Å²) in [6.07, 6.45) is 5.18. The third kappa shape index (κ3) is 4.34. The molecular formula is C17H25NO2. The zero-order chi connectivity index (χ0) is 14.4. The normalized spacial score (nSPS) is 19.8. The first kappa shape index (κ1) is 15.0. The fraction of sp³-hybridized carbons (Fsp3) is 0.588. The third-order valence-corrected chi connectivity index (χ3v) is 4.16. The molecule has 3 nitrogen and oxygen atoms in total. The molecule has 1 aromatic rings. The second kappa shape index (κ2) is 7.44. The van der Waals surface area contributed by atoms with Crippen LogP contribution in [0.1, 0.15) is 43.2 Å². The molecule has 1 saturated heterocycles. The van der Waals surface area contributed by atoms with Crippen LogP contribution in [0.4, 0.5) is 0 Å². The zero-order valence-electron chi connectivity index (χ0n) is 12.6. The predicted octanol–water partition coefficient (Wildman–Crippen LogP) is 3.30. The maximum absolute atomic E-state index is 11.3. The van der Waals surface area contributed by atoms with Crippen LogP contribution in [0.2, 0.25) is 0 Å². The molecule has 0 aliphatic carbocycles. The molecule has 0 aromatic heterocycles. The predicted molar refractivity (Wildman–Crippen MR) is 80.5 cm³/mol. The molecule has 1 aliphatic rings. The minimum atomic E-state index is -0.0918. The molecule has 1 aromatic carbocycles. The highest BCUT2D eigenvalue weighted by atomic mass is 16.5. The number of hydrogen-bond acceptors (Lipinski definition) is 3. The highest BCUT2D eigenvalue weighted by Crippen LogP contribution is 2.23. The van der Waals surface area contributed by atoms with Gasteiger partial charge in [-0.25, -0.2) is 0 Å². The van der Waals surface area contributed by atoms with Crippen molar-refractivity contribution >= 4 is 5.97 Å². The summed E-state index contributed by atoms with van der Waals surface area (Å²) in [5.74, 6) is -0.0918. The molecule has 2 rings (SSSR count). The number of hydrogen-bond donors (Lipinski definition) is 0. The van der Waals surface area contributed by atoms with Crippen molar-refractivity contribution in [2.75, 3.05) is 13.7 Å². The first-order valence-electron chi connectivity index (χ1n) is 7.55. The van der Waals surface area contributed by atoms with Crippen LogP contribution in [0, 0.1) is 6.92 Å². The lowest BCUT2D eigenvalue weighted by Gasteiger charge is -2.35. The maximum atomic E-state index is 11.3. The first-order chi connectivity index (χ1) is 9.69. The lowest BCUT2D eigenvalue weighted by Crippen LogP contribution is -2.39. The van der Waals surface area contributed by atoms with Crippen LogP contribution in [-0.2, 0) is 16.1 Å². The van der Waals surface area contributed by atoms with Gasteiger partial charge in [0.05, 0.1) is 7.11 Å². The second-order valence-corrected chi connectivity index (χ2v) is 5.72.